The van der Waals surface area contributed by atoms with Gasteiger partial charge in [0, 0.05) is 17.2 Å². The van der Waals surface area contributed by atoms with Gasteiger partial charge in [-0.3, -0.25) is 14.3 Å². The molecule has 0 aliphatic heterocycles. The van der Waals surface area contributed by atoms with Crippen molar-refractivity contribution in [3.05, 3.63) is 69.8 Å². The third-order valence-corrected chi connectivity index (χ3v) is 4.26. The quantitative estimate of drug-likeness (QED) is 0.662. The number of benzene rings is 1. The van der Waals surface area contributed by atoms with E-state index in [-0.39, 0.29) is 5.56 Å². The van der Waals surface area contributed by atoms with Crippen LogP contribution in [0.2, 0.25) is 0 Å². The van der Waals surface area contributed by atoms with Gasteiger partial charge in [-0.1, -0.05) is 34.1 Å². The summed E-state index contributed by atoms with van der Waals surface area (Å²) in [6.07, 6.45) is 1.74. The van der Waals surface area contributed by atoms with Crippen LogP contribution in [0, 0.1) is 13.8 Å². The maximum Gasteiger partial charge on any atom is 0.265 e. The van der Waals surface area contributed by atoms with Crippen molar-refractivity contribution in [2.45, 2.75) is 19.2 Å². The average molecular weight is 343 g/mol. The standard InChI is InChI=1S/C17H15BrN2O/c1-11-5-3-4-6-15(11)20-13(10-18)9-14-16(17(20)21)12(2)7-8-19-14/h3-9H,10H2,1-2H3. The van der Waals surface area contributed by atoms with Gasteiger partial charge in [-0.25, -0.2) is 0 Å². The first-order chi connectivity index (χ1) is 10.1. The summed E-state index contributed by atoms with van der Waals surface area (Å²) in [6, 6.07) is 11.8. The number of halogens is 1. The molecule has 2 heterocycles. The zero-order valence-electron chi connectivity index (χ0n) is 11.9. The maximum absolute atomic E-state index is 13.0. The number of para-hydroxylation sites is 1. The van der Waals surface area contributed by atoms with Crippen LogP contribution >= 0.6 is 15.9 Å². The summed E-state index contributed by atoms with van der Waals surface area (Å²) >= 11 is 3.48. The molecule has 0 atom stereocenters. The van der Waals surface area contributed by atoms with E-state index in [1.807, 2.05) is 50.2 Å². The number of pyridine rings is 2. The number of aromatic nitrogens is 2. The molecule has 21 heavy (non-hydrogen) atoms. The van der Waals surface area contributed by atoms with Gasteiger partial charge in [0.05, 0.1) is 16.6 Å². The second-order valence-electron chi connectivity index (χ2n) is 5.08. The molecule has 0 aliphatic rings. The molecule has 4 heteroatoms. The molecule has 0 aliphatic carbocycles. The Bertz CT molecular complexity index is 884. The summed E-state index contributed by atoms with van der Waals surface area (Å²) in [7, 11) is 0. The van der Waals surface area contributed by atoms with Gasteiger partial charge < -0.3 is 0 Å². The van der Waals surface area contributed by atoms with Crippen molar-refractivity contribution in [1.82, 2.24) is 9.55 Å². The van der Waals surface area contributed by atoms with Crippen molar-refractivity contribution in [1.29, 1.82) is 0 Å². The average Bonchev–Trinajstić information content (AvgIpc) is 2.48. The summed E-state index contributed by atoms with van der Waals surface area (Å²) < 4.78 is 1.78. The molecule has 0 saturated heterocycles. The highest BCUT2D eigenvalue weighted by atomic mass is 79.9. The molecule has 3 aromatic rings. The molecule has 0 radical (unpaired) electrons. The van der Waals surface area contributed by atoms with Crippen LogP contribution < -0.4 is 5.56 Å². The lowest BCUT2D eigenvalue weighted by molar-refractivity contribution is 0.931. The highest BCUT2D eigenvalue weighted by Crippen LogP contribution is 2.20. The van der Waals surface area contributed by atoms with Crippen molar-refractivity contribution in [2.75, 3.05) is 0 Å². The molecule has 3 nitrogen and oxygen atoms in total. The van der Waals surface area contributed by atoms with E-state index in [9.17, 15) is 4.79 Å². The van der Waals surface area contributed by atoms with E-state index in [1.54, 1.807) is 10.8 Å². The number of alkyl halides is 1. The molecule has 0 saturated carbocycles. The van der Waals surface area contributed by atoms with E-state index >= 15 is 0 Å². The monoisotopic (exact) mass is 342 g/mol. The predicted octanol–water partition coefficient (Wildman–Crippen LogP) is 3.90. The fourth-order valence-corrected chi connectivity index (χ4v) is 3.02. The smallest absolute Gasteiger partial charge is 0.265 e. The topological polar surface area (TPSA) is 34.9 Å². The first kappa shape index (κ1) is 14.0. The second-order valence-corrected chi connectivity index (χ2v) is 5.65. The number of hydrogen-bond donors (Lipinski definition) is 0. The summed E-state index contributed by atoms with van der Waals surface area (Å²) in [6.45, 7) is 3.96. The molecule has 106 valence electrons. The van der Waals surface area contributed by atoms with Crippen LogP contribution in [0.1, 0.15) is 16.8 Å². The molecule has 0 spiro atoms. The number of fused-ring (bicyclic) bond motifs is 1. The maximum atomic E-state index is 13.0. The molecule has 1 aromatic carbocycles. The van der Waals surface area contributed by atoms with E-state index in [0.29, 0.717) is 10.7 Å². The number of rotatable bonds is 2. The highest BCUT2D eigenvalue weighted by molar-refractivity contribution is 9.08. The van der Waals surface area contributed by atoms with E-state index < -0.39 is 0 Å². The normalized spacial score (nSPS) is 11.0. The fraction of sp³-hybridized carbons (Fsp3) is 0.176. The second kappa shape index (κ2) is 5.45. The van der Waals surface area contributed by atoms with Gasteiger partial charge in [0.15, 0.2) is 0 Å². The Morgan fingerprint density at radius 3 is 2.62 bits per heavy atom. The third kappa shape index (κ3) is 2.29. The van der Waals surface area contributed by atoms with Gasteiger partial charge in [0.25, 0.3) is 5.56 Å². The summed E-state index contributed by atoms with van der Waals surface area (Å²) in [5.74, 6) is 0. The van der Waals surface area contributed by atoms with Crippen LogP contribution in [0.15, 0.2) is 47.4 Å². The van der Waals surface area contributed by atoms with Crippen molar-refractivity contribution in [2.24, 2.45) is 0 Å². The third-order valence-electron chi connectivity index (χ3n) is 3.69. The molecule has 0 amide bonds. The number of nitrogens with zero attached hydrogens (tertiary/aromatic N) is 2. The first-order valence-electron chi connectivity index (χ1n) is 6.75. The fourth-order valence-electron chi connectivity index (χ4n) is 2.61. The summed E-state index contributed by atoms with van der Waals surface area (Å²) in [5, 5.41) is 1.28. The van der Waals surface area contributed by atoms with Crippen molar-refractivity contribution >= 4 is 26.8 Å². The Labute approximate surface area is 131 Å². The minimum atomic E-state index is -0.0122. The van der Waals surface area contributed by atoms with Gasteiger partial charge >= 0.3 is 0 Å². The van der Waals surface area contributed by atoms with Gasteiger partial charge in [-0.15, -0.1) is 0 Å². The Morgan fingerprint density at radius 2 is 1.90 bits per heavy atom. The molecular weight excluding hydrogens is 328 g/mol. The largest absolute Gasteiger partial charge is 0.280 e. The van der Waals surface area contributed by atoms with E-state index in [2.05, 4.69) is 20.9 Å². The van der Waals surface area contributed by atoms with Gasteiger partial charge in [0.1, 0.15) is 0 Å². The van der Waals surface area contributed by atoms with Crippen LogP contribution in [-0.2, 0) is 5.33 Å². The predicted molar refractivity (Wildman–Crippen MR) is 89.4 cm³/mol. The lowest BCUT2D eigenvalue weighted by atomic mass is 10.1. The summed E-state index contributed by atoms with van der Waals surface area (Å²) in [4.78, 5) is 17.3. The van der Waals surface area contributed by atoms with E-state index in [0.717, 1.165) is 28.0 Å². The molecule has 2 aromatic heterocycles. The van der Waals surface area contributed by atoms with Gasteiger partial charge in [-0.05, 0) is 43.2 Å². The minimum Gasteiger partial charge on any atom is -0.280 e. The Balaban J connectivity index is 2.48. The van der Waals surface area contributed by atoms with Crippen molar-refractivity contribution < 1.29 is 0 Å². The SMILES string of the molecule is Cc1ccccc1-n1c(CBr)cc2nccc(C)c2c1=O. The minimum absolute atomic E-state index is 0.0122. The van der Waals surface area contributed by atoms with Crippen LogP contribution in [-0.4, -0.2) is 9.55 Å². The molecular formula is C17H15BrN2O. The lowest BCUT2D eigenvalue weighted by Gasteiger charge is -2.15. The molecule has 0 fully saturated rings. The van der Waals surface area contributed by atoms with Crippen molar-refractivity contribution in [3.8, 4) is 5.69 Å². The highest BCUT2D eigenvalue weighted by Gasteiger charge is 2.13. The van der Waals surface area contributed by atoms with Crippen LogP contribution in [0.4, 0.5) is 0 Å². The Morgan fingerprint density at radius 1 is 1.14 bits per heavy atom. The van der Waals surface area contributed by atoms with E-state index in [1.165, 1.54) is 0 Å². The first-order valence-corrected chi connectivity index (χ1v) is 7.88. The number of aryl methyl sites for hydroxylation is 2. The van der Waals surface area contributed by atoms with Crippen LogP contribution in [0.5, 0.6) is 0 Å². The Hall–Kier alpha value is -1.94. The number of hydrogen-bond acceptors (Lipinski definition) is 2. The molecule has 3 rings (SSSR count). The van der Waals surface area contributed by atoms with E-state index in [4.69, 9.17) is 0 Å². The molecule has 0 unspecified atom stereocenters. The zero-order chi connectivity index (χ0) is 15.0. The Kier molecular flexibility index (Phi) is 3.64. The van der Waals surface area contributed by atoms with Crippen LogP contribution in [0.25, 0.3) is 16.6 Å². The van der Waals surface area contributed by atoms with Gasteiger partial charge in [0.2, 0.25) is 0 Å². The molecule has 0 bridgehead atoms. The van der Waals surface area contributed by atoms with Crippen molar-refractivity contribution in [3.63, 3.8) is 0 Å². The van der Waals surface area contributed by atoms with Gasteiger partial charge in [-0.2, -0.15) is 0 Å². The lowest BCUT2D eigenvalue weighted by Crippen LogP contribution is -2.23. The summed E-state index contributed by atoms with van der Waals surface area (Å²) in [5.41, 5.74) is 4.58. The molecule has 0 N–H and O–H groups in total. The van der Waals surface area contributed by atoms with Crippen LogP contribution in [0.3, 0.4) is 0 Å². The zero-order valence-corrected chi connectivity index (χ0v) is 13.5.